The minimum absolute atomic E-state index is 0.0217. The van der Waals surface area contributed by atoms with Gasteiger partial charge in [-0.2, -0.15) is 0 Å². The molecule has 2 saturated heterocycles. The van der Waals surface area contributed by atoms with Crippen molar-refractivity contribution in [3.8, 4) is 0 Å². The first-order chi connectivity index (χ1) is 26.8. The van der Waals surface area contributed by atoms with E-state index in [2.05, 4.69) is 27.7 Å². The number of ketones is 1. The number of fused-ring (bicyclic) bond motifs is 7. The summed E-state index contributed by atoms with van der Waals surface area (Å²) in [6.07, 6.45) is -12.2. The van der Waals surface area contributed by atoms with Crippen LogP contribution in [-0.2, 0) is 38.1 Å². The summed E-state index contributed by atoms with van der Waals surface area (Å²) in [6.45, 7) is 14.8. The molecule has 0 aromatic rings. The Morgan fingerprint density at radius 1 is 0.690 bits per heavy atom. The summed E-state index contributed by atoms with van der Waals surface area (Å²) in [5.74, 6) is -4.47. The van der Waals surface area contributed by atoms with Crippen LogP contribution >= 0.6 is 0 Å². The van der Waals surface area contributed by atoms with E-state index in [1.165, 1.54) is 0 Å². The van der Waals surface area contributed by atoms with Crippen molar-refractivity contribution in [1.29, 1.82) is 0 Å². The molecule has 8 N–H and O–H groups in total. The van der Waals surface area contributed by atoms with Crippen LogP contribution in [0, 0.1) is 50.2 Å². The number of carboxylic acid groups (broad SMARTS) is 3. The molecule has 16 heteroatoms. The number of carbonyl (C=O) groups excluding carboxylic acids is 1. The van der Waals surface area contributed by atoms with Crippen LogP contribution < -0.4 is 0 Å². The molecule has 2 heterocycles. The quantitative estimate of drug-likeness (QED) is 0.171. The fourth-order valence-electron chi connectivity index (χ4n) is 13.4. The molecule has 4 saturated carbocycles. The van der Waals surface area contributed by atoms with Gasteiger partial charge < -0.3 is 59.8 Å². The van der Waals surface area contributed by atoms with Crippen molar-refractivity contribution < 1.29 is 79.0 Å². The zero-order chi connectivity index (χ0) is 42.9. The van der Waals surface area contributed by atoms with Crippen LogP contribution in [0.1, 0.15) is 106 Å². The van der Waals surface area contributed by atoms with E-state index in [4.69, 9.17) is 18.9 Å². The minimum atomic E-state index is -2.05. The van der Waals surface area contributed by atoms with Gasteiger partial charge in [0.15, 0.2) is 30.6 Å². The lowest BCUT2D eigenvalue weighted by atomic mass is 9.33. The monoisotopic (exact) mass is 822 g/mol. The van der Waals surface area contributed by atoms with E-state index >= 15 is 0 Å². The Labute approximate surface area is 337 Å². The highest BCUT2D eigenvalue weighted by atomic mass is 16.8. The van der Waals surface area contributed by atoms with Gasteiger partial charge >= 0.3 is 17.9 Å². The fourth-order valence-corrected chi connectivity index (χ4v) is 13.4. The highest BCUT2D eigenvalue weighted by Crippen LogP contribution is 2.75. The first-order valence-corrected chi connectivity index (χ1v) is 20.7. The van der Waals surface area contributed by atoms with Crippen molar-refractivity contribution in [3.63, 3.8) is 0 Å². The Bertz CT molecular complexity index is 1730. The molecule has 326 valence electrons. The smallest absolute Gasteiger partial charge is 0.335 e. The number of hydrogen-bond donors (Lipinski definition) is 8. The molecule has 0 unspecified atom stereocenters. The standard InChI is InChI=1S/C42H62O16/c1-37(2)21-8-11-42(7)31(20(43)16-18-19-17-39(4,36(53)54)13-12-38(19,3)14-15-41(18,42)6)40(21,5)10-9-22(37)55-35-30(26(47)25(46)29(57-35)33(51)52)58-34-27(48)23(44)24(45)28(56-34)32(49)50/h16,19,21-31,34-35,44-48H,8-15,17H2,1-7H3,(H,49,50)(H,51,52)(H,53,54)/t19-,21+,22+,23-,24-,25-,26-,27+,28-,29-,30+,31-,34-,35-,38-,39+,40+,41-,42-/m1/s1. The highest BCUT2D eigenvalue weighted by molar-refractivity contribution is 5.95. The van der Waals surface area contributed by atoms with E-state index < -0.39 is 107 Å². The second kappa shape index (κ2) is 14.3. The number of hydrogen-bond acceptors (Lipinski definition) is 13. The van der Waals surface area contributed by atoms with Gasteiger partial charge in [-0.3, -0.25) is 9.59 Å². The van der Waals surface area contributed by atoms with E-state index in [0.29, 0.717) is 25.7 Å². The number of allylic oxidation sites excluding steroid dienone is 2. The number of carbonyl (C=O) groups is 4. The van der Waals surface area contributed by atoms with Gasteiger partial charge in [-0.1, -0.05) is 47.1 Å². The van der Waals surface area contributed by atoms with Crippen molar-refractivity contribution >= 4 is 23.7 Å². The number of aliphatic carboxylic acids is 3. The molecule has 0 spiro atoms. The van der Waals surface area contributed by atoms with Crippen LogP contribution in [-0.4, -0.2) is 132 Å². The summed E-state index contributed by atoms with van der Waals surface area (Å²) >= 11 is 0. The van der Waals surface area contributed by atoms with Crippen molar-refractivity contribution in [2.75, 3.05) is 0 Å². The second-order valence-corrected chi connectivity index (χ2v) is 20.6. The Kier molecular flexibility index (Phi) is 10.7. The lowest BCUT2D eigenvalue weighted by Crippen LogP contribution is -2.68. The van der Waals surface area contributed by atoms with Gasteiger partial charge in [0.25, 0.3) is 0 Å². The third kappa shape index (κ3) is 6.25. The van der Waals surface area contributed by atoms with Crippen molar-refractivity contribution in [3.05, 3.63) is 11.6 Å². The third-order valence-corrected chi connectivity index (χ3v) is 17.2. The average molecular weight is 823 g/mol. The maximum absolute atomic E-state index is 14.8. The number of carboxylic acids is 3. The molecule has 58 heavy (non-hydrogen) atoms. The summed E-state index contributed by atoms with van der Waals surface area (Å²) in [5.41, 5.74) is -1.81. The molecule has 0 amide bonds. The topological polar surface area (TPSA) is 267 Å². The van der Waals surface area contributed by atoms with Crippen LogP contribution in [0.15, 0.2) is 11.6 Å². The van der Waals surface area contributed by atoms with Crippen LogP contribution in [0.5, 0.6) is 0 Å². The molecular formula is C42H62O16. The van der Waals surface area contributed by atoms with Crippen LogP contribution in [0.4, 0.5) is 0 Å². The molecule has 5 aliphatic carbocycles. The van der Waals surface area contributed by atoms with Gasteiger partial charge in [-0.25, -0.2) is 9.59 Å². The summed E-state index contributed by atoms with van der Waals surface area (Å²) in [4.78, 5) is 51.3. The molecule has 7 rings (SSSR count). The molecule has 7 aliphatic rings. The summed E-state index contributed by atoms with van der Waals surface area (Å²) < 4.78 is 23.4. The number of ether oxygens (including phenoxy) is 4. The van der Waals surface area contributed by atoms with E-state index in [-0.39, 0.29) is 34.4 Å². The Hall–Kier alpha value is -2.54. The SMILES string of the molecule is CC1(C)[C@@H](O[C@@H]2O[C@@H](C(=O)O)[C@H](O)[C@@H](O)[C@@H]2O[C@H]2O[C@@H](C(=O)O)[C@H](O)[C@@H](O)[C@@H]2O)CC[C@]2(C)[C@H]3C(=O)C=C4[C@H]5C[C@@](C)(C(=O)O)CC[C@]5(C)CC[C@@]4(C)[C@]3(C)CC[C@@H]12. The van der Waals surface area contributed by atoms with Gasteiger partial charge in [0.1, 0.15) is 36.6 Å². The molecule has 16 nitrogen and oxygen atoms in total. The maximum atomic E-state index is 14.8. The Balaban J connectivity index is 1.17. The van der Waals surface area contributed by atoms with E-state index in [1.807, 2.05) is 26.8 Å². The summed E-state index contributed by atoms with van der Waals surface area (Å²) in [7, 11) is 0. The average Bonchev–Trinajstić information content (AvgIpc) is 3.13. The first-order valence-electron chi connectivity index (χ1n) is 20.7. The summed E-state index contributed by atoms with van der Waals surface area (Å²) in [6, 6.07) is 0. The molecule has 0 aromatic carbocycles. The molecule has 0 bridgehead atoms. The van der Waals surface area contributed by atoms with Crippen molar-refractivity contribution in [2.45, 2.75) is 174 Å². The molecule has 0 aromatic heterocycles. The molecular weight excluding hydrogens is 760 g/mol. The predicted octanol–water partition coefficient (Wildman–Crippen LogP) is 2.25. The van der Waals surface area contributed by atoms with Crippen molar-refractivity contribution in [2.24, 2.45) is 50.2 Å². The molecule has 2 aliphatic heterocycles. The zero-order valence-corrected chi connectivity index (χ0v) is 34.4. The highest BCUT2D eigenvalue weighted by Gasteiger charge is 2.71. The van der Waals surface area contributed by atoms with Gasteiger partial charge in [0.05, 0.1) is 11.5 Å². The van der Waals surface area contributed by atoms with Gasteiger partial charge in [0.2, 0.25) is 0 Å². The number of rotatable bonds is 7. The predicted molar refractivity (Wildman–Crippen MR) is 199 cm³/mol. The largest absolute Gasteiger partial charge is 0.481 e. The third-order valence-electron chi connectivity index (χ3n) is 17.2. The van der Waals surface area contributed by atoms with E-state index in [9.17, 15) is 60.0 Å². The van der Waals surface area contributed by atoms with Crippen molar-refractivity contribution in [1.82, 2.24) is 0 Å². The van der Waals surface area contributed by atoms with Gasteiger partial charge in [0, 0.05) is 5.92 Å². The number of aliphatic hydroxyl groups is 5. The van der Waals surface area contributed by atoms with E-state index in [0.717, 1.165) is 37.7 Å². The number of aliphatic hydroxyl groups excluding tert-OH is 5. The first kappa shape index (κ1) is 43.5. The lowest BCUT2D eigenvalue weighted by Gasteiger charge is -2.70. The molecule has 0 radical (unpaired) electrons. The van der Waals surface area contributed by atoms with Crippen LogP contribution in [0.25, 0.3) is 0 Å². The Morgan fingerprint density at radius 3 is 1.88 bits per heavy atom. The normalized spacial score (nSPS) is 52.6. The molecule has 6 fully saturated rings. The zero-order valence-electron chi connectivity index (χ0n) is 34.4. The summed E-state index contributed by atoms with van der Waals surface area (Å²) in [5, 5.41) is 83.0. The van der Waals surface area contributed by atoms with Gasteiger partial charge in [-0.05, 0) is 110 Å². The van der Waals surface area contributed by atoms with E-state index in [1.54, 1.807) is 0 Å². The minimum Gasteiger partial charge on any atom is -0.481 e. The maximum Gasteiger partial charge on any atom is 0.335 e. The van der Waals surface area contributed by atoms with Crippen LogP contribution in [0.3, 0.4) is 0 Å². The van der Waals surface area contributed by atoms with Crippen LogP contribution in [0.2, 0.25) is 0 Å². The Morgan fingerprint density at radius 2 is 1.28 bits per heavy atom. The van der Waals surface area contributed by atoms with Gasteiger partial charge in [-0.15, -0.1) is 0 Å². The molecule has 19 atom stereocenters. The second-order valence-electron chi connectivity index (χ2n) is 20.6. The lowest BCUT2D eigenvalue weighted by molar-refractivity contribution is -0.371. The fraction of sp³-hybridized carbons (Fsp3) is 0.857.